The van der Waals surface area contributed by atoms with Crippen LogP contribution in [0.2, 0.25) is 0 Å². The van der Waals surface area contributed by atoms with E-state index in [2.05, 4.69) is 46.9 Å². The molecule has 0 amide bonds. The maximum Gasteiger partial charge on any atom is 0.155 e. The van der Waals surface area contributed by atoms with Gasteiger partial charge in [-0.15, -0.1) is 0 Å². The van der Waals surface area contributed by atoms with Crippen molar-refractivity contribution in [3.8, 4) is 0 Å². The van der Waals surface area contributed by atoms with Crippen molar-refractivity contribution in [1.82, 2.24) is 5.32 Å². The minimum Gasteiger partial charge on any atom is -0.303 e. The number of ketones is 1. The Kier molecular flexibility index (Phi) is 5.66. The van der Waals surface area contributed by atoms with Gasteiger partial charge in [-0.1, -0.05) is 33.6 Å². The molecular formula is C21H39NO. The Morgan fingerprint density at radius 3 is 1.96 bits per heavy atom. The third-order valence-electron chi connectivity index (χ3n) is 6.06. The lowest BCUT2D eigenvalue weighted by Gasteiger charge is -2.40. The molecule has 2 saturated carbocycles. The van der Waals surface area contributed by atoms with E-state index in [1.54, 1.807) is 0 Å². The molecule has 1 N–H and O–H groups in total. The molecule has 0 aromatic rings. The first-order valence-corrected chi connectivity index (χ1v) is 9.83. The molecule has 23 heavy (non-hydrogen) atoms. The molecule has 2 fully saturated rings. The average molecular weight is 322 g/mol. The van der Waals surface area contributed by atoms with E-state index in [4.69, 9.17) is 0 Å². The Labute approximate surface area is 144 Å². The summed E-state index contributed by atoms with van der Waals surface area (Å²) >= 11 is 0. The second kappa shape index (κ2) is 6.86. The van der Waals surface area contributed by atoms with Crippen LogP contribution in [0.15, 0.2) is 0 Å². The summed E-state index contributed by atoms with van der Waals surface area (Å²) in [6.45, 7) is 12.7. The van der Waals surface area contributed by atoms with Crippen LogP contribution in [-0.4, -0.2) is 17.4 Å². The van der Waals surface area contributed by atoms with Crippen molar-refractivity contribution in [2.24, 2.45) is 16.7 Å². The molecule has 2 aliphatic carbocycles. The van der Waals surface area contributed by atoms with E-state index in [0.29, 0.717) is 11.2 Å². The molecule has 2 aliphatic rings. The minimum absolute atomic E-state index is 0.00703. The summed E-state index contributed by atoms with van der Waals surface area (Å²) in [6.07, 6.45) is 12.3. The highest BCUT2D eigenvalue weighted by molar-refractivity contribution is 5.88. The van der Waals surface area contributed by atoms with Gasteiger partial charge in [0.2, 0.25) is 0 Å². The van der Waals surface area contributed by atoms with Gasteiger partial charge in [0, 0.05) is 11.0 Å². The fourth-order valence-electron chi connectivity index (χ4n) is 4.76. The molecule has 1 atom stereocenters. The smallest absolute Gasteiger partial charge is 0.155 e. The average Bonchev–Trinajstić information content (AvgIpc) is 2.86. The van der Waals surface area contributed by atoms with Crippen LogP contribution in [0.25, 0.3) is 0 Å². The Bertz CT molecular complexity index is 397. The number of carbonyl (C=O) groups is 1. The van der Waals surface area contributed by atoms with Crippen molar-refractivity contribution < 1.29 is 4.79 Å². The fourth-order valence-corrected chi connectivity index (χ4v) is 4.76. The van der Waals surface area contributed by atoms with Gasteiger partial charge in [-0.05, 0) is 77.0 Å². The SMILES string of the molecule is CC(C)(C)NC(CC1CCC2(CCCC2)CC1)C(=O)C(C)(C)C. The molecule has 0 aromatic heterocycles. The summed E-state index contributed by atoms with van der Waals surface area (Å²) in [5, 5.41) is 3.62. The number of nitrogens with one attached hydrogen (secondary N) is 1. The molecule has 0 bridgehead atoms. The van der Waals surface area contributed by atoms with Crippen molar-refractivity contribution in [3.63, 3.8) is 0 Å². The molecule has 134 valence electrons. The predicted molar refractivity (Wildman–Crippen MR) is 98.6 cm³/mol. The molecule has 0 saturated heterocycles. The lowest BCUT2D eigenvalue weighted by molar-refractivity contribution is -0.129. The lowest BCUT2D eigenvalue weighted by Crippen LogP contribution is -2.51. The van der Waals surface area contributed by atoms with Gasteiger partial charge in [0.1, 0.15) is 0 Å². The molecule has 0 radical (unpaired) electrons. The zero-order valence-corrected chi connectivity index (χ0v) is 16.4. The number of hydrogen-bond acceptors (Lipinski definition) is 2. The summed E-state index contributed by atoms with van der Waals surface area (Å²) in [6, 6.07) is 0.0117. The molecule has 2 rings (SSSR count). The van der Waals surface area contributed by atoms with Crippen LogP contribution < -0.4 is 5.32 Å². The molecular weight excluding hydrogens is 282 g/mol. The maximum atomic E-state index is 12.9. The van der Waals surface area contributed by atoms with Crippen molar-refractivity contribution in [1.29, 1.82) is 0 Å². The van der Waals surface area contributed by atoms with Crippen LogP contribution >= 0.6 is 0 Å². The quantitative estimate of drug-likeness (QED) is 0.741. The second-order valence-electron chi connectivity index (χ2n) is 10.4. The van der Waals surface area contributed by atoms with Gasteiger partial charge in [-0.25, -0.2) is 0 Å². The van der Waals surface area contributed by atoms with E-state index in [1.807, 2.05) is 0 Å². The third kappa shape index (κ3) is 5.31. The molecule has 1 spiro atoms. The number of hydrogen-bond donors (Lipinski definition) is 1. The Hall–Kier alpha value is -0.370. The van der Waals surface area contributed by atoms with Crippen LogP contribution in [0.5, 0.6) is 0 Å². The minimum atomic E-state index is -0.260. The second-order valence-corrected chi connectivity index (χ2v) is 10.4. The van der Waals surface area contributed by atoms with Gasteiger partial charge in [0.15, 0.2) is 5.78 Å². The summed E-state index contributed by atoms with van der Waals surface area (Å²) in [4.78, 5) is 12.9. The highest BCUT2D eigenvalue weighted by Gasteiger charge is 2.39. The highest BCUT2D eigenvalue weighted by Crippen LogP contribution is 2.50. The van der Waals surface area contributed by atoms with Gasteiger partial charge in [-0.2, -0.15) is 0 Å². The van der Waals surface area contributed by atoms with Gasteiger partial charge in [0.05, 0.1) is 6.04 Å². The molecule has 2 heteroatoms. The van der Waals surface area contributed by atoms with Crippen LogP contribution in [0, 0.1) is 16.7 Å². The summed E-state index contributed by atoms with van der Waals surface area (Å²) in [5.74, 6) is 1.11. The molecule has 0 aliphatic heterocycles. The van der Waals surface area contributed by atoms with Crippen LogP contribution in [0.3, 0.4) is 0 Å². The monoisotopic (exact) mass is 321 g/mol. The van der Waals surface area contributed by atoms with Crippen molar-refractivity contribution in [2.45, 2.75) is 111 Å². The largest absolute Gasteiger partial charge is 0.303 e. The Morgan fingerprint density at radius 1 is 1.00 bits per heavy atom. The summed E-state index contributed by atoms with van der Waals surface area (Å²) in [7, 11) is 0. The molecule has 2 nitrogen and oxygen atoms in total. The number of rotatable bonds is 4. The van der Waals surface area contributed by atoms with Crippen molar-refractivity contribution >= 4 is 5.78 Å². The predicted octanol–water partition coefficient (Wildman–Crippen LogP) is 5.50. The summed E-state index contributed by atoms with van der Waals surface area (Å²) < 4.78 is 0. The lowest BCUT2D eigenvalue weighted by atomic mass is 9.67. The van der Waals surface area contributed by atoms with E-state index in [-0.39, 0.29) is 17.0 Å². The highest BCUT2D eigenvalue weighted by atomic mass is 16.1. The third-order valence-corrected chi connectivity index (χ3v) is 6.06. The first-order valence-electron chi connectivity index (χ1n) is 9.83. The van der Waals surface area contributed by atoms with E-state index >= 15 is 0 Å². The van der Waals surface area contributed by atoms with Crippen LogP contribution in [0.4, 0.5) is 0 Å². The van der Waals surface area contributed by atoms with Crippen LogP contribution in [-0.2, 0) is 4.79 Å². The number of Topliss-reactive ketones (excluding diaryl/α,β-unsaturated/α-hetero) is 1. The molecule has 1 unspecified atom stereocenters. The van der Waals surface area contributed by atoms with Crippen LogP contribution in [0.1, 0.15) is 99.3 Å². The van der Waals surface area contributed by atoms with Crippen molar-refractivity contribution in [3.05, 3.63) is 0 Å². The summed E-state index contributed by atoms with van der Waals surface area (Å²) in [5.41, 5.74) is 0.425. The zero-order valence-electron chi connectivity index (χ0n) is 16.4. The van der Waals surface area contributed by atoms with Gasteiger partial charge in [0.25, 0.3) is 0 Å². The number of carbonyl (C=O) groups excluding carboxylic acids is 1. The molecule has 0 aromatic carbocycles. The van der Waals surface area contributed by atoms with Gasteiger partial charge in [-0.3, -0.25) is 4.79 Å². The Morgan fingerprint density at radius 2 is 1.52 bits per heavy atom. The first-order chi connectivity index (χ1) is 10.5. The fraction of sp³-hybridized carbons (Fsp3) is 0.952. The zero-order chi connectivity index (χ0) is 17.3. The van der Waals surface area contributed by atoms with Crippen molar-refractivity contribution in [2.75, 3.05) is 0 Å². The van der Waals surface area contributed by atoms with Gasteiger partial charge < -0.3 is 5.32 Å². The van der Waals surface area contributed by atoms with Gasteiger partial charge >= 0.3 is 0 Å². The Balaban J connectivity index is 1.96. The first kappa shape index (κ1) is 19.0. The topological polar surface area (TPSA) is 29.1 Å². The van der Waals surface area contributed by atoms with E-state index in [1.165, 1.54) is 51.4 Å². The van der Waals surface area contributed by atoms with E-state index < -0.39 is 0 Å². The standard InChI is InChI=1S/C21H39NO/c1-19(2,3)18(23)17(22-20(4,5)6)15-16-9-13-21(14-10-16)11-7-8-12-21/h16-17,22H,7-15H2,1-6H3. The molecule has 0 heterocycles. The van der Waals surface area contributed by atoms with E-state index in [9.17, 15) is 4.79 Å². The van der Waals surface area contributed by atoms with E-state index in [0.717, 1.165) is 12.3 Å². The maximum absolute atomic E-state index is 12.9. The normalized spacial score (nSPS) is 24.1.